The minimum atomic E-state index is 0.206. The highest BCUT2D eigenvalue weighted by molar-refractivity contribution is 5.95. The summed E-state index contributed by atoms with van der Waals surface area (Å²) >= 11 is 0. The molecule has 0 spiro atoms. The molecular formula is C21H27NO. The number of fused-ring (bicyclic) bond motifs is 2. The number of rotatable bonds is 2. The minimum Gasteiger partial charge on any atom is -0.349 e. The molecule has 0 aromatic carbocycles. The van der Waals surface area contributed by atoms with E-state index in [0.717, 1.165) is 11.5 Å². The summed E-state index contributed by atoms with van der Waals surface area (Å²) in [6.45, 7) is 7.22. The molecule has 0 aliphatic heterocycles. The summed E-state index contributed by atoms with van der Waals surface area (Å²) in [7, 11) is 0. The molecule has 2 heteroatoms. The van der Waals surface area contributed by atoms with Crippen molar-refractivity contribution >= 4 is 5.91 Å². The molecule has 5 rings (SSSR count). The number of nitrogens with one attached hydrogen (secondary N) is 1. The summed E-state index contributed by atoms with van der Waals surface area (Å²) in [5.41, 5.74) is 1.65. The van der Waals surface area contributed by atoms with Gasteiger partial charge in [0.1, 0.15) is 0 Å². The van der Waals surface area contributed by atoms with Crippen molar-refractivity contribution in [2.75, 3.05) is 0 Å². The van der Waals surface area contributed by atoms with Crippen molar-refractivity contribution in [1.82, 2.24) is 5.32 Å². The molecule has 7 unspecified atom stereocenters. The maximum atomic E-state index is 13.0. The average molecular weight is 309 g/mol. The minimum absolute atomic E-state index is 0.206. The third-order valence-corrected chi connectivity index (χ3v) is 8.49. The van der Waals surface area contributed by atoms with Gasteiger partial charge in [-0.05, 0) is 47.8 Å². The first-order valence-corrected chi connectivity index (χ1v) is 9.31. The molecule has 2 fully saturated rings. The van der Waals surface area contributed by atoms with Crippen molar-refractivity contribution < 1.29 is 4.79 Å². The van der Waals surface area contributed by atoms with E-state index in [4.69, 9.17) is 0 Å². The summed E-state index contributed by atoms with van der Waals surface area (Å²) in [4.78, 5) is 13.0. The third kappa shape index (κ3) is 1.58. The van der Waals surface area contributed by atoms with Crippen LogP contribution in [-0.2, 0) is 4.79 Å². The van der Waals surface area contributed by atoms with Gasteiger partial charge in [-0.15, -0.1) is 0 Å². The van der Waals surface area contributed by atoms with E-state index >= 15 is 0 Å². The maximum absolute atomic E-state index is 13.0. The summed E-state index contributed by atoms with van der Waals surface area (Å²) < 4.78 is 0. The van der Waals surface area contributed by atoms with E-state index in [0.29, 0.717) is 35.1 Å². The molecule has 0 heterocycles. The van der Waals surface area contributed by atoms with Gasteiger partial charge in [-0.2, -0.15) is 0 Å². The Morgan fingerprint density at radius 1 is 1.13 bits per heavy atom. The Labute approximate surface area is 139 Å². The van der Waals surface area contributed by atoms with Crippen LogP contribution in [0.25, 0.3) is 0 Å². The number of amides is 1. The van der Waals surface area contributed by atoms with Crippen LogP contribution in [0.15, 0.2) is 36.0 Å². The first-order valence-electron chi connectivity index (χ1n) is 9.31. The Hall–Kier alpha value is -1.31. The highest BCUT2D eigenvalue weighted by Crippen LogP contribution is 2.65. The van der Waals surface area contributed by atoms with Gasteiger partial charge in [-0.25, -0.2) is 0 Å². The molecule has 0 aromatic rings. The first-order chi connectivity index (χ1) is 10.9. The molecule has 1 amide bonds. The van der Waals surface area contributed by atoms with Gasteiger partial charge >= 0.3 is 0 Å². The SMILES string of the molecule is CC1(C)C2CCC1(C)C(NC(=O)C1=CC3C=CC4C=CC1C43)C2. The van der Waals surface area contributed by atoms with Gasteiger partial charge in [0.25, 0.3) is 0 Å². The first kappa shape index (κ1) is 14.1. The Kier molecular flexibility index (Phi) is 2.57. The predicted molar refractivity (Wildman–Crippen MR) is 91.5 cm³/mol. The van der Waals surface area contributed by atoms with Crippen LogP contribution >= 0.6 is 0 Å². The lowest BCUT2D eigenvalue weighted by atomic mass is 9.69. The van der Waals surface area contributed by atoms with Crippen molar-refractivity contribution in [2.24, 2.45) is 40.4 Å². The van der Waals surface area contributed by atoms with Crippen LogP contribution in [0.5, 0.6) is 0 Å². The highest BCUT2D eigenvalue weighted by atomic mass is 16.1. The van der Waals surface area contributed by atoms with Crippen LogP contribution in [0.2, 0.25) is 0 Å². The maximum Gasteiger partial charge on any atom is 0.247 e. The van der Waals surface area contributed by atoms with Crippen LogP contribution < -0.4 is 5.32 Å². The van der Waals surface area contributed by atoms with Crippen LogP contribution in [0.4, 0.5) is 0 Å². The Bertz CT molecular complexity index is 669. The van der Waals surface area contributed by atoms with E-state index in [9.17, 15) is 4.79 Å². The zero-order chi connectivity index (χ0) is 16.0. The molecular weight excluding hydrogens is 282 g/mol. The van der Waals surface area contributed by atoms with Gasteiger partial charge in [-0.3, -0.25) is 4.79 Å². The number of hydrogen-bond donors (Lipinski definition) is 1. The number of carbonyl (C=O) groups excluding carboxylic acids is 1. The molecule has 2 bridgehead atoms. The van der Waals surface area contributed by atoms with E-state index in [1.54, 1.807) is 0 Å². The fourth-order valence-electron chi connectivity index (χ4n) is 6.50. The number of hydrogen-bond acceptors (Lipinski definition) is 1. The van der Waals surface area contributed by atoms with Gasteiger partial charge in [0.05, 0.1) is 0 Å². The van der Waals surface area contributed by atoms with Gasteiger partial charge in [-0.1, -0.05) is 51.2 Å². The molecule has 5 aliphatic rings. The molecule has 0 saturated heterocycles. The monoisotopic (exact) mass is 309 g/mol. The van der Waals surface area contributed by atoms with Gasteiger partial charge < -0.3 is 5.32 Å². The fraction of sp³-hybridized carbons (Fsp3) is 0.667. The Morgan fingerprint density at radius 2 is 1.87 bits per heavy atom. The zero-order valence-electron chi connectivity index (χ0n) is 14.4. The zero-order valence-corrected chi connectivity index (χ0v) is 14.4. The van der Waals surface area contributed by atoms with Gasteiger partial charge in [0.15, 0.2) is 0 Å². The van der Waals surface area contributed by atoms with Crippen LogP contribution in [-0.4, -0.2) is 11.9 Å². The largest absolute Gasteiger partial charge is 0.349 e. The van der Waals surface area contributed by atoms with E-state index in [-0.39, 0.29) is 11.3 Å². The molecule has 7 atom stereocenters. The van der Waals surface area contributed by atoms with E-state index in [1.165, 1.54) is 19.3 Å². The standard InChI is InChI=1S/C21H27NO/c1-20(2)14-8-9-21(20,3)17(11-14)22-19(23)16-10-13-5-4-12-6-7-15(16)18(12)13/h4-7,10,12-15,17-18H,8-9,11H2,1-3H3,(H,22,23). The topological polar surface area (TPSA) is 29.1 Å². The predicted octanol–water partition coefficient (Wildman–Crippen LogP) is 3.86. The lowest BCUT2D eigenvalue weighted by molar-refractivity contribution is -0.119. The summed E-state index contributed by atoms with van der Waals surface area (Å²) in [6.07, 6.45) is 15.2. The summed E-state index contributed by atoms with van der Waals surface area (Å²) in [5, 5.41) is 3.46. The summed E-state index contributed by atoms with van der Waals surface area (Å²) in [5.74, 6) is 2.96. The van der Waals surface area contributed by atoms with E-state index in [1.807, 2.05) is 0 Å². The summed E-state index contributed by atoms with van der Waals surface area (Å²) in [6, 6.07) is 0.349. The molecule has 0 aromatic heterocycles. The quantitative estimate of drug-likeness (QED) is 0.771. The Balaban J connectivity index is 1.38. The second-order valence-electron chi connectivity index (χ2n) is 9.29. The highest BCUT2D eigenvalue weighted by Gasteiger charge is 2.61. The Morgan fingerprint density at radius 3 is 2.57 bits per heavy atom. The normalized spacial score (nSPS) is 50.5. The second-order valence-corrected chi connectivity index (χ2v) is 9.29. The van der Waals surface area contributed by atoms with E-state index in [2.05, 4.69) is 56.5 Å². The van der Waals surface area contributed by atoms with Crippen molar-refractivity contribution in [3.63, 3.8) is 0 Å². The van der Waals surface area contributed by atoms with Crippen LogP contribution in [0, 0.1) is 40.4 Å². The molecule has 1 N–H and O–H groups in total. The van der Waals surface area contributed by atoms with E-state index < -0.39 is 0 Å². The fourth-order valence-corrected chi connectivity index (χ4v) is 6.50. The number of carbonyl (C=O) groups is 1. The van der Waals surface area contributed by atoms with Gasteiger partial charge in [0.2, 0.25) is 5.91 Å². The molecule has 122 valence electrons. The molecule has 23 heavy (non-hydrogen) atoms. The lowest BCUT2D eigenvalue weighted by Gasteiger charge is -2.39. The number of allylic oxidation sites excluding steroid dienone is 5. The molecule has 2 saturated carbocycles. The second kappa shape index (κ2) is 4.20. The third-order valence-electron chi connectivity index (χ3n) is 8.49. The van der Waals surface area contributed by atoms with Gasteiger partial charge in [0, 0.05) is 23.5 Å². The lowest BCUT2D eigenvalue weighted by Crippen LogP contribution is -2.47. The molecule has 5 aliphatic carbocycles. The van der Waals surface area contributed by atoms with Crippen LogP contribution in [0.3, 0.4) is 0 Å². The molecule has 0 radical (unpaired) electrons. The van der Waals surface area contributed by atoms with Crippen LogP contribution in [0.1, 0.15) is 40.0 Å². The smallest absolute Gasteiger partial charge is 0.247 e. The van der Waals surface area contributed by atoms with Crippen molar-refractivity contribution in [1.29, 1.82) is 0 Å². The molecule has 2 nitrogen and oxygen atoms in total. The van der Waals surface area contributed by atoms with Crippen molar-refractivity contribution in [3.05, 3.63) is 36.0 Å². The van der Waals surface area contributed by atoms with Crippen molar-refractivity contribution in [2.45, 2.75) is 46.1 Å². The van der Waals surface area contributed by atoms with Crippen molar-refractivity contribution in [3.8, 4) is 0 Å². The average Bonchev–Trinajstić information content (AvgIpc) is 3.23.